The molecular weight excluding hydrogens is 985 g/mol. The Morgan fingerprint density at radius 2 is 0.592 bits per heavy atom. The first-order valence-electron chi connectivity index (χ1n) is 27.6. The summed E-state index contributed by atoms with van der Waals surface area (Å²) in [6.45, 7) is 43.1. The molecule has 0 aliphatic rings. The smallest absolute Gasteiger partial charge is 0.0776 e. The van der Waals surface area contributed by atoms with Crippen LogP contribution in [0.2, 0.25) is 78.6 Å². The lowest BCUT2D eigenvalue weighted by Gasteiger charge is -2.22. The van der Waals surface area contributed by atoms with Gasteiger partial charge in [0.2, 0.25) is 0 Å². The third-order valence-corrected chi connectivity index (χ3v) is 24.5. The SMILES string of the molecule is CC(C)(C)c1ccc(-c2c3ccc(-n4c5ccc([Si](C)(C)C)cc5c5cc([Si](C)(C)C)ccc54)cc3c(-c3ccc(C(C)(C)C)cn3)c3ccc(-n4c5ccc([Si](C)(C)C)cc5c5cc([Si](C)(C)C)ccc54)cc23)nc1. The molecule has 11 rings (SSSR count). The molecule has 0 N–H and O–H groups in total. The third kappa shape index (κ3) is 8.96. The van der Waals surface area contributed by atoms with Gasteiger partial charge in [-0.1, -0.05) is 214 Å². The van der Waals surface area contributed by atoms with E-state index in [1.54, 1.807) is 0 Å². The van der Waals surface area contributed by atoms with Crippen LogP contribution in [0.3, 0.4) is 0 Å². The largest absolute Gasteiger partial charge is 0.309 e. The molecule has 4 heterocycles. The number of pyridine rings is 2. The molecule has 0 fully saturated rings. The lowest BCUT2D eigenvalue weighted by atomic mass is 9.85. The van der Waals surface area contributed by atoms with Gasteiger partial charge in [-0.15, -0.1) is 0 Å². The molecule has 4 nitrogen and oxygen atoms in total. The number of hydrogen-bond acceptors (Lipinski definition) is 2. The Labute approximate surface area is 456 Å². The van der Waals surface area contributed by atoms with E-state index in [-0.39, 0.29) is 10.8 Å². The van der Waals surface area contributed by atoms with Gasteiger partial charge in [-0.3, -0.25) is 9.97 Å². The molecule has 4 aromatic heterocycles. The van der Waals surface area contributed by atoms with Gasteiger partial charge in [-0.2, -0.15) is 0 Å². The van der Waals surface area contributed by atoms with E-state index >= 15 is 0 Å². The quantitative estimate of drug-likeness (QED) is 0.112. The van der Waals surface area contributed by atoms with Crippen LogP contribution >= 0.6 is 0 Å². The summed E-state index contributed by atoms with van der Waals surface area (Å²) in [4.78, 5) is 10.8. The van der Waals surface area contributed by atoms with E-state index in [9.17, 15) is 0 Å². The standard InChI is InChI=1S/C68H78N4Si4/c1-67(2,3)43-19-29-59(69-41-43)65-51-27-21-46(72-63-33-25-49(75(13,14)15)39-55(63)56-40-50(76(16,17)18)26-34-64(56)72)36-58(51)66(60-30-20-44(42-70-60)68(4,5)6)52-28-22-45(35-57(52)65)71-61-31-23-47(73(7,8)9)37-53(61)54-38-48(74(10,11)12)24-32-62(54)71/h19-42H,1-18H3. The van der Waals surface area contributed by atoms with E-state index in [0.717, 1.165) is 55.4 Å². The van der Waals surface area contributed by atoms with E-state index in [4.69, 9.17) is 9.97 Å². The number of fused-ring (bicyclic) bond motifs is 8. The molecule has 0 saturated heterocycles. The Bertz CT molecular complexity index is 3720. The minimum Gasteiger partial charge on any atom is -0.309 e. The van der Waals surface area contributed by atoms with Gasteiger partial charge in [-0.25, -0.2) is 0 Å². The van der Waals surface area contributed by atoms with Crippen molar-refractivity contribution in [1.82, 2.24) is 19.1 Å². The van der Waals surface area contributed by atoms with Crippen molar-refractivity contribution in [3.05, 3.63) is 157 Å². The number of rotatable bonds is 8. The summed E-state index contributed by atoms with van der Waals surface area (Å²) in [7, 11) is -6.46. The molecule has 0 spiro atoms. The van der Waals surface area contributed by atoms with Gasteiger partial charge in [0.25, 0.3) is 0 Å². The highest BCUT2D eigenvalue weighted by Gasteiger charge is 2.28. The summed E-state index contributed by atoms with van der Waals surface area (Å²) in [6.07, 6.45) is 4.21. The van der Waals surface area contributed by atoms with Crippen molar-refractivity contribution in [2.45, 2.75) is 131 Å². The zero-order valence-electron chi connectivity index (χ0n) is 48.6. The molecule has 0 atom stereocenters. The zero-order chi connectivity index (χ0) is 54.4. The van der Waals surface area contributed by atoms with E-state index in [1.807, 2.05) is 0 Å². The lowest BCUT2D eigenvalue weighted by Crippen LogP contribution is -2.37. The highest BCUT2D eigenvalue weighted by atomic mass is 28.3. The summed E-state index contributed by atoms with van der Waals surface area (Å²) < 4.78 is 5.05. The predicted octanol–water partition coefficient (Wildman–Crippen LogP) is 17.1. The number of benzene rings is 7. The van der Waals surface area contributed by atoms with Gasteiger partial charge < -0.3 is 9.13 Å². The first-order valence-corrected chi connectivity index (χ1v) is 41.6. The first kappa shape index (κ1) is 51.9. The van der Waals surface area contributed by atoms with Crippen molar-refractivity contribution in [3.63, 3.8) is 0 Å². The Hall–Kier alpha value is -6.17. The van der Waals surface area contributed by atoms with Gasteiger partial charge in [0.1, 0.15) is 0 Å². The van der Waals surface area contributed by atoms with Crippen LogP contribution < -0.4 is 20.7 Å². The summed E-state index contributed by atoms with van der Waals surface area (Å²) in [5, 5.41) is 15.9. The average Bonchev–Trinajstić information content (AvgIpc) is 3.99. The minimum atomic E-state index is -1.61. The molecule has 76 heavy (non-hydrogen) atoms. The van der Waals surface area contributed by atoms with Crippen LogP contribution in [0.5, 0.6) is 0 Å². The van der Waals surface area contributed by atoms with Gasteiger partial charge in [-0.05, 0) is 104 Å². The maximum absolute atomic E-state index is 5.41. The number of hydrogen-bond donors (Lipinski definition) is 0. The Morgan fingerprint density at radius 1 is 0.303 bits per heavy atom. The summed E-state index contributed by atoms with van der Waals surface area (Å²) >= 11 is 0. The van der Waals surface area contributed by atoms with Crippen molar-refractivity contribution >= 4 is 118 Å². The Balaban J connectivity index is 1.26. The molecule has 0 unspecified atom stereocenters. The highest BCUT2D eigenvalue weighted by Crippen LogP contribution is 2.46. The minimum absolute atomic E-state index is 0.0400. The molecule has 0 aliphatic heterocycles. The van der Waals surface area contributed by atoms with Crippen LogP contribution in [-0.2, 0) is 10.8 Å². The van der Waals surface area contributed by atoms with Crippen molar-refractivity contribution < 1.29 is 0 Å². The summed E-state index contributed by atoms with van der Waals surface area (Å²) in [5.74, 6) is 0. The second-order valence-corrected chi connectivity index (χ2v) is 48.5. The second-order valence-electron chi connectivity index (χ2n) is 28.2. The predicted molar refractivity (Wildman–Crippen MR) is 346 cm³/mol. The molecule has 386 valence electrons. The highest BCUT2D eigenvalue weighted by molar-refractivity contribution is 6.90. The van der Waals surface area contributed by atoms with Crippen LogP contribution in [0.4, 0.5) is 0 Å². The maximum Gasteiger partial charge on any atom is 0.0776 e. The molecule has 8 heteroatoms. The second kappa shape index (κ2) is 17.7. The Kier molecular flexibility index (Phi) is 12.1. The maximum atomic E-state index is 5.41. The molecule has 0 radical (unpaired) electrons. The number of aromatic nitrogens is 4. The monoisotopic (exact) mass is 1060 g/mol. The molecule has 7 aromatic carbocycles. The molecule has 0 amide bonds. The van der Waals surface area contributed by atoms with E-state index in [2.05, 4.69) is 275 Å². The van der Waals surface area contributed by atoms with Crippen LogP contribution in [0.25, 0.3) is 99.0 Å². The molecular formula is C68H78N4Si4. The van der Waals surface area contributed by atoms with Crippen LogP contribution in [-0.4, -0.2) is 51.4 Å². The van der Waals surface area contributed by atoms with Gasteiger partial charge >= 0.3 is 0 Å². The Morgan fingerprint density at radius 3 is 0.829 bits per heavy atom. The lowest BCUT2D eigenvalue weighted by molar-refractivity contribution is 0.587. The van der Waals surface area contributed by atoms with Crippen molar-refractivity contribution in [3.8, 4) is 33.9 Å². The van der Waals surface area contributed by atoms with E-state index < -0.39 is 32.3 Å². The van der Waals surface area contributed by atoms with Crippen molar-refractivity contribution in [2.75, 3.05) is 0 Å². The number of nitrogens with zero attached hydrogens (tertiary/aromatic N) is 4. The fraction of sp³-hybridized carbons (Fsp3) is 0.294. The fourth-order valence-electron chi connectivity index (χ4n) is 11.5. The van der Waals surface area contributed by atoms with Crippen molar-refractivity contribution in [1.29, 1.82) is 0 Å². The van der Waals surface area contributed by atoms with E-state index in [1.165, 1.54) is 75.5 Å². The van der Waals surface area contributed by atoms with Gasteiger partial charge in [0.05, 0.1) is 65.8 Å². The van der Waals surface area contributed by atoms with Crippen LogP contribution in [0.1, 0.15) is 52.7 Å². The summed E-state index contributed by atoms with van der Waals surface area (Å²) in [5.41, 5.74) is 13.8. The van der Waals surface area contributed by atoms with Gasteiger partial charge in [0, 0.05) is 56.4 Å². The zero-order valence-corrected chi connectivity index (χ0v) is 52.6. The van der Waals surface area contributed by atoms with Crippen LogP contribution in [0.15, 0.2) is 146 Å². The average molecular weight is 1060 g/mol. The molecule has 0 saturated carbocycles. The van der Waals surface area contributed by atoms with Gasteiger partial charge in [0.15, 0.2) is 0 Å². The topological polar surface area (TPSA) is 35.6 Å². The fourth-order valence-corrected chi connectivity index (χ4v) is 16.1. The molecule has 0 bridgehead atoms. The summed E-state index contributed by atoms with van der Waals surface area (Å²) in [6, 6.07) is 52.8. The molecule has 11 aromatic rings. The normalized spacial score (nSPS) is 13.4. The third-order valence-electron chi connectivity index (χ3n) is 16.4. The van der Waals surface area contributed by atoms with E-state index in [0.29, 0.717) is 0 Å². The molecule has 0 aliphatic carbocycles. The van der Waals surface area contributed by atoms with Crippen LogP contribution in [0, 0.1) is 0 Å². The first-order chi connectivity index (χ1) is 35.5. The van der Waals surface area contributed by atoms with Crippen molar-refractivity contribution in [2.24, 2.45) is 0 Å².